The molecule has 0 aliphatic rings. The second-order valence-electron chi connectivity index (χ2n) is 1.80. The highest BCUT2D eigenvalue weighted by Crippen LogP contribution is 1.97. The summed E-state index contributed by atoms with van der Waals surface area (Å²) in [4.78, 5) is 0. The Kier molecular flexibility index (Phi) is 5.10. The SMILES string of the molecule is CCOC(C)OC(C#N)C#N. The van der Waals surface area contributed by atoms with E-state index in [0.717, 1.165) is 0 Å². The molecule has 11 heavy (non-hydrogen) atoms. The number of hydrogen-bond donors (Lipinski definition) is 0. The van der Waals surface area contributed by atoms with Crippen molar-refractivity contribution in [1.82, 2.24) is 0 Å². The van der Waals surface area contributed by atoms with Crippen molar-refractivity contribution >= 4 is 0 Å². The molecule has 0 radical (unpaired) electrons. The number of ether oxygens (including phenoxy) is 2. The number of rotatable bonds is 4. The van der Waals surface area contributed by atoms with E-state index in [-0.39, 0.29) is 0 Å². The zero-order chi connectivity index (χ0) is 8.69. The Labute approximate surface area is 65.9 Å². The van der Waals surface area contributed by atoms with Crippen molar-refractivity contribution in [3.8, 4) is 12.1 Å². The Morgan fingerprint density at radius 2 is 1.91 bits per heavy atom. The highest BCUT2D eigenvalue weighted by Gasteiger charge is 2.09. The Hall–Kier alpha value is -1.10. The molecule has 0 N–H and O–H groups in total. The molecule has 0 aromatic rings. The smallest absolute Gasteiger partial charge is 0.232 e. The molecule has 0 saturated heterocycles. The molecule has 0 spiro atoms. The summed E-state index contributed by atoms with van der Waals surface area (Å²) >= 11 is 0. The van der Waals surface area contributed by atoms with E-state index in [0.29, 0.717) is 6.61 Å². The molecule has 0 saturated carbocycles. The van der Waals surface area contributed by atoms with Gasteiger partial charge in [0.2, 0.25) is 6.10 Å². The second-order valence-corrected chi connectivity index (χ2v) is 1.80. The first-order valence-corrected chi connectivity index (χ1v) is 3.30. The Morgan fingerprint density at radius 3 is 2.27 bits per heavy atom. The van der Waals surface area contributed by atoms with Gasteiger partial charge in [0, 0.05) is 6.61 Å². The Morgan fingerprint density at radius 1 is 1.36 bits per heavy atom. The molecule has 0 fully saturated rings. The van der Waals surface area contributed by atoms with E-state index in [1.807, 2.05) is 6.92 Å². The average Bonchev–Trinajstić information content (AvgIpc) is 2.01. The van der Waals surface area contributed by atoms with Crippen LogP contribution in [0.2, 0.25) is 0 Å². The van der Waals surface area contributed by atoms with Crippen molar-refractivity contribution in [2.24, 2.45) is 0 Å². The van der Waals surface area contributed by atoms with Crippen molar-refractivity contribution in [3.05, 3.63) is 0 Å². The van der Waals surface area contributed by atoms with Crippen LogP contribution < -0.4 is 0 Å². The van der Waals surface area contributed by atoms with Crippen molar-refractivity contribution in [1.29, 1.82) is 10.5 Å². The third kappa shape index (κ3) is 4.32. The summed E-state index contributed by atoms with van der Waals surface area (Å²) in [5.41, 5.74) is 0. The van der Waals surface area contributed by atoms with Crippen molar-refractivity contribution in [3.63, 3.8) is 0 Å². The van der Waals surface area contributed by atoms with Crippen LogP contribution in [0.5, 0.6) is 0 Å². The molecule has 0 aromatic carbocycles. The van der Waals surface area contributed by atoms with Gasteiger partial charge in [-0.15, -0.1) is 0 Å². The molecule has 0 bridgehead atoms. The third-order valence-corrected chi connectivity index (χ3v) is 0.964. The standard InChI is InChI=1S/C7H10N2O2/c1-3-10-6(2)11-7(4-8)5-9/h6-7H,3H2,1-2H3. The largest absolute Gasteiger partial charge is 0.353 e. The molecule has 4 heteroatoms. The lowest BCUT2D eigenvalue weighted by Crippen LogP contribution is -2.19. The van der Waals surface area contributed by atoms with Gasteiger partial charge < -0.3 is 9.47 Å². The quantitative estimate of drug-likeness (QED) is 0.562. The number of nitrogens with zero attached hydrogens (tertiary/aromatic N) is 2. The van der Waals surface area contributed by atoms with Crippen molar-refractivity contribution < 1.29 is 9.47 Å². The lowest BCUT2D eigenvalue weighted by Gasteiger charge is -2.11. The van der Waals surface area contributed by atoms with Gasteiger partial charge in [0.1, 0.15) is 12.1 Å². The molecular weight excluding hydrogens is 144 g/mol. The van der Waals surface area contributed by atoms with Crippen LogP contribution in [0.4, 0.5) is 0 Å². The molecule has 0 aromatic heterocycles. The minimum absolute atomic E-state index is 0.496. The van der Waals surface area contributed by atoms with Gasteiger partial charge >= 0.3 is 0 Å². The monoisotopic (exact) mass is 154 g/mol. The van der Waals surface area contributed by atoms with Crippen LogP contribution in [-0.2, 0) is 9.47 Å². The number of nitriles is 2. The van der Waals surface area contributed by atoms with Crippen LogP contribution in [-0.4, -0.2) is 19.0 Å². The summed E-state index contributed by atoms with van der Waals surface area (Å²) in [6.07, 6.45) is -1.53. The Balaban J connectivity index is 3.67. The molecule has 0 amide bonds. The van der Waals surface area contributed by atoms with Gasteiger partial charge in [-0.25, -0.2) is 0 Å². The van der Waals surface area contributed by atoms with Gasteiger partial charge in [-0.05, 0) is 13.8 Å². The fraction of sp³-hybridized carbons (Fsp3) is 0.714. The summed E-state index contributed by atoms with van der Waals surface area (Å²) in [6, 6.07) is 3.36. The van der Waals surface area contributed by atoms with E-state index in [2.05, 4.69) is 0 Å². The molecule has 0 heterocycles. The Bertz CT molecular complexity index is 166. The van der Waals surface area contributed by atoms with Gasteiger partial charge in [0.05, 0.1) is 0 Å². The van der Waals surface area contributed by atoms with Crippen molar-refractivity contribution in [2.75, 3.05) is 6.61 Å². The van der Waals surface area contributed by atoms with Gasteiger partial charge in [-0.2, -0.15) is 10.5 Å². The molecular formula is C7H10N2O2. The fourth-order valence-corrected chi connectivity index (χ4v) is 0.555. The predicted molar refractivity (Wildman–Crippen MR) is 37.2 cm³/mol. The molecule has 1 unspecified atom stereocenters. The second kappa shape index (κ2) is 5.67. The van der Waals surface area contributed by atoms with Crippen LogP contribution in [0.25, 0.3) is 0 Å². The maximum Gasteiger partial charge on any atom is 0.232 e. The normalized spacial score (nSPS) is 12.1. The van der Waals surface area contributed by atoms with E-state index in [1.165, 1.54) is 0 Å². The highest BCUT2D eigenvalue weighted by molar-refractivity contribution is 5.01. The van der Waals surface area contributed by atoms with Crippen LogP contribution in [0.15, 0.2) is 0 Å². The maximum absolute atomic E-state index is 8.29. The molecule has 0 aliphatic carbocycles. The highest BCUT2D eigenvalue weighted by atomic mass is 16.7. The van der Waals surface area contributed by atoms with E-state index in [4.69, 9.17) is 20.0 Å². The van der Waals surface area contributed by atoms with Gasteiger partial charge in [-0.1, -0.05) is 0 Å². The summed E-state index contributed by atoms with van der Waals surface area (Å²) < 4.78 is 9.80. The van der Waals surface area contributed by atoms with Gasteiger partial charge in [-0.3, -0.25) is 0 Å². The predicted octanol–water partition coefficient (Wildman–Crippen LogP) is 0.801. The van der Waals surface area contributed by atoms with Crippen molar-refractivity contribution in [2.45, 2.75) is 26.2 Å². The zero-order valence-corrected chi connectivity index (χ0v) is 6.57. The van der Waals surface area contributed by atoms with Crippen LogP contribution in [0.3, 0.4) is 0 Å². The lowest BCUT2D eigenvalue weighted by molar-refractivity contribution is -0.132. The topological polar surface area (TPSA) is 66.0 Å². The van der Waals surface area contributed by atoms with Crippen LogP contribution >= 0.6 is 0 Å². The van der Waals surface area contributed by atoms with E-state index >= 15 is 0 Å². The molecule has 4 nitrogen and oxygen atoms in total. The first kappa shape index (κ1) is 9.90. The lowest BCUT2D eigenvalue weighted by atomic mass is 10.4. The van der Waals surface area contributed by atoms with Gasteiger partial charge in [0.15, 0.2) is 6.29 Å². The van der Waals surface area contributed by atoms with Crippen LogP contribution in [0, 0.1) is 22.7 Å². The summed E-state index contributed by atoms with van der Waals surface area (Å²) in [6.45, 7) is 3.96. The minimum atomic E-state index is -1.03. The number of hydrogen-bond acceptors (Lipinski definition) is 4. The molecule has 60 valence electrons. The molecule has 0 rings (SSSR count). The summed E-state index contributed by atoms with van der Waals surface area (Å²) in [5.74, 6) is 0. The third-order valence-electron chi connectivity index (χ3n) is 0.964. The maximum atomic E-state index is 8.29. The van der Waals surface area contributed by atoms with Gasteiger partial charge in [0.25, 0.3) is 0 Å². The zero-order valence-electron chi connectivity index (χ0n) is 6.57. The van der Waals surface area contributed by atoms with Crippen LogP contribution in [0.1, 0.15) is 13.8 Å². The average molecular weight is 154 g/mol. The minimum Gasteiger partial charge on any atom is -0.353 e. The first-order valence-electron chi connectivity index (χ1n) is 3.30. The van der Waals surface area contributed by atoms with E-state index in [1.54, 1.807) is 19.1 Å². The fourth-order valence-electron chi connectivity index (χ4n) is 0.555. The first-order chi connectivity index (χ1) is 5.24. The van der Waals surface area contributed by atoms with E-state index in [9.17, 15) is 0 Å². The molecule has 0 aliphatic heterocycles. The molecule has 1 atom stereocenters. The van der Waals surface area contributed by atoms with E-state index < -0.39 is 12.4 Å². The summed E-state index contributed by atoms with van der Waals surface area (Å²) in [5, 5.41) is 16.6. The summed E-state index contributed by atoms with van der Waals surface area (Å²) in [7, 11) is 0.